The highest BCUT2D eigenvalue weighted by molar-refractivity contribution is 5.25. The van der Waals surface area contributed by atoms with Crippen molar-refractivity contribution >= 4 is 0 Å². The highest BCUT2D eigenvalue weighted by Gasteiger charge is 2.31. The van der Waals surface area contributed by atoms with Gasteiger partial charge in [-0.1, -0.05) is 44.2 Å². The van der Waals surface area contributed by atoms with E-state index >= 15 is 0 Å². The number of hydrogen-bond acceptors (Lipinski definition) is 3. The average molecular weight is 273 g/mol. The summed E-state index contributed by atoms with van der Waals surface area (Å²) in [6.45, 7) is 5.67. The fraction of sp³-hybridized carbons (Fsp3) is 0.438. The van der Waals surface area contributed by atoms with E-state index in [1.807, 2.05) is 30.6 Å². The van der Waals surface area contributed by atoms with Crippen LogP contribution in [0.3, 0.4) is 0 Å². The SMILES string of the molecule is CCNC(CO)(Cn1ccnc1CC)c1ccccc1. The number of aryl methyl sites for hydroxylation is 1. The Hall–Kier alpha value is -1.65. The van der Waals surface area contributed by atoms with Crippen molar-refractivity contribution in [1.82, 2.24) is 14.9 Å². The molecule has 0 aliphatic heterocycles. The Bertz CT molecular complexity index is 524. The Morgan fingerprint density at radius 2 is 2.00 bits per heavy atom. The summed E-state index contributed by atoms with van der Waals surface area (Å²) in [4.78, 5) is 4.36. The number of imidazole rings is 1. The van der Waals surface area contributed by atoms with Crippen LogP contribution < -0.4 is 5.32 Å². The van der Waals surface area contributed by atoms with Crippen molar-refractivity contribution in [2.24, 2.45) is 0 Å². The second-order valence-corrected chi connectivity index (χ2v) is 4.96. The summed E-state index contributed by atoms with van der Waals surface area (Å²) in [6.07, 6.45) is 4.68. The van der Waals surface area contributed by atoms with E-state index in [9.17, 15) is 5.11 Å². The number of rotatable bonds is 7. The van der Waals surface area contributed by atoms with E-state index in [2.05, 4.69) is 40.8 Å². The van der Waals surface area contributed by atoms with E-state index in [-0.39, 0.29) is 6.61 Å². The van der Waals surface area contributed by atoms with E-state index < -0.39 is 5.54 Å². The lowest BCUT2D eigenvalue weighted by molar-refractivity contribution is 0.143. The molecule has 2 rings (SSSR count). The third-order valence-electron chi connectivity index (χ3n) is 3.67. The van der Waals surface area contributed by atoms with Gasteiger partial charge in [0.15, 0.2) is 0 Å². The molecular formula is C16H23N3O. The Morgan fingerprint density at radius 3 is 2.60 bits per heavy atom. The molecule has 108 valence electrons. The number of nitrogens with one attached hydrogen (secondary N) is 1. The van der Waals surface area contributed by atoms with Gasteiger partial charge in [-0.2, -0.15) is 0 Å². The molecule has 0 fully saturated rings. The molecule has 1 heterocycles. The second kappa shape index (κ2) is 6.68. The molecule has 4 heteroatoms. The van der Waals surface area contributed by atoms with Gasteiger partial charge in [0.25, 0.3) is 0 Å². The van der Waals surface area contributed by atoms with Crippen LogP contribution in [0.15, 0.2) is 42.7 Å². The molecule has 2 N–H and O–H groups in total. The Morgan fingerprint density at radius 1 is 1.25 bits per heavy atom. The van der Waals surface area contributed by atoms with Crippen LogP contribution in [0.25, 0.3) is 0 Å². The first-order chi connectivity index (χ1) is 9.75. The summed E-state index contributed by atoms with van der Waals surface area (Å²) in [5.41, 5.74) is 0.626. The van der Waals surface area contributed by atoms with Crippen molar-refractivity contribution < 1.29 is 5.11 Å². The lowest BCUT2D eigenvalue weighted by Gasteiger charge is -2.34. The van der Waals surface area contributed by atoms with Crippen LogP contribution in [0, 0.1) is 0 Å². The first-order valence-corrected chi connectivity index (χ1v) is 7.17. The van der Waals surface area contributed by atoms with Crippen LogP contribution in [0.5, 0.6) is 0 Å². The number of aromatic nitrogens is 2. The Labute approximate surface area is 120 Å². The minimum Gasteiger partial charge on any atom is -0.394 e. The summed E-state index contributed by atoms with van der Waals surface area (Å²) in [5, 5.41) is 13.5. The zero-order chi connectivity index (χ0) is 14.4. The molecule has 1 aromatic heterocycles. The summed E-state index contributed by atoms with van der Waals surface area (Å²) in [7, 11) is 0. The minimum atomic E-state index is -0.472. The van der Waals surface area contributed by atoms with Crippen LogP contribution in [0.1, 0.15) is 25.2 Å². The maximum absolute atomic E-state index is 10.0. The van der Waals surface area contributed by atoms with Gasteiger partial charge in [0.1, 0.15) is 5.82 Å². The van der Waals surface area contributed by atoms with Gasteiger partial charge in [0.05, 0.1) is 12.1 Å². The van der Waals surface area contributed by atoms with Gasteiger partial charge >= 0.3 is 0 Å². The lowest BCUT2D eigenvalue weighted by atomic mass is 9.90. The smallest absolute Gasteiger partial charge is 0.108 e. The molecule has 0 aliphatic rings. The number of likely N-dealkylation sites (N-methyl/N-ethyl adjacent to an activating group) is 1. The van der Waals surface area contributed by atoms with Gasteiger partial charge in [-0.15, -0.1) is 0 Å². The Balaban J connectivity index is 2.37. The highest BCUT2D eigenvalue weighted by atomic mass is 16.3. The number of hydrogen-bond donors (Lipinski definition) is 2. The molecule has 20 heavy (non-hydrogen) atoms. The number of aliphatic hydroxyl groups is 1. The lowest BCUT2D eigenvalue weighted by Crippen LogP contribution is -2.49. The third kappa shape index (κ3) is 2.92. The van der Waals surface area contributed by atoms with Crippen molar-refractivity contribution in [1.29, 1.82) is 0 Å². The van der Waals surface area contributed by atoms with Gasteiger partial charge < -0.3 is 15.0 Å². The fourth-order valence-corrected chi connectivity index (χ4v) is 2.63. The number of aliphatic hydroxyl groups excluding tert-OH is 1. The van der Waals surface area contributed by atoms with Gasteiger partial charge in [-0.3, -0.25) is 0 Å². The van der Waals surface area contributed by atoms with Crippen LogP contribution in [0.2, 0.25) is 0 Å². The number of nitrogens with zero attached hydrogens (tertiary/aromatic N) is 2. The number of benzene rings is 1. The maximum Gasteiger partial charge on any atom is 0.108 e. The Kier molecular flexibility index (Phi) is 4.93. The minimum absolute atomic E-state index is 0.0478. The standard InChI is InChI=1S/C16H23N3O/c1-3-15-17-10-11-19(15)12-16(13-20,18-4-2)14-8-6-5-7-9-14/h5-11,18,20H,3-4,12-13H2,1-2H3. The molecule has 0 saturated heterocycles. The average Bonchev–Trinajstić information content (AvgIpc) is 2.94. The van der Waals surface area contributed by atoms with Crippen LogP contribution in [-0.2, 0) is 18.5 Å². The van der Waals surface area contributed by atoms with Crippen LogP contribution >= 0.6 is 0 Å². The van der Waals surface area contributed by atoms with Crippen molar-refractivity contribution in [2.45, 2.75) is 32.4 Å². The summed E-state index contributed by atoms with van der Waals surface area (Å²) in [5.74, 6) is 1.04. The second-order valence-electron chi connectivity index (χ2n) is 4.96. The van der Waals surface area contributed by atoms with Crippen molar-refractivity contribution in [2.75, 3.05) is 13.2 Å². The fourth-order valence-electron chi connectivity index (χ4n) is 2.63. The van der Waals surface area contributed by atoms with E-state index in [0.29, 0.717) is 6.54 Å². The molecular weight excluding hydrogens is 250 g/mol. The van der Waals surface area contributed by atoms with E-state index in [1.54, 1.807) is 0 Å². The van der Waals surface area contributed by atoms with E-state index in [0.717, 1.165) is 24.4 Å². The van der Waals surface area contributed by atoms with E-state index in [1.165, 1.54) is 0 Å². The molecule has 0 aliphatic carbocycles. The largest absolute Gasteiger partial charge is 0.394 e. The van der Waals surface area contributed by atoms with Gasteiger partial charge in [0.2, 0.25) is 0 Å². The highest BCUT2D eigenvalue weighted by Crippen LogP contribution is 2.23. The first-order valence-electron chi connectivity index (χ1n) is 7.17. The molecule has 4 nitrogen and oxygen atoms in total. The third-order valence-corrected chi connectivity index (χ3v) is 3.67. The van der Waals surface area contributed by atoms with Crippen molar-refractivity contribution in [3.63, 3.8) is 0 Å². The predicted octanol–water partition coefficient (Wildman–Crippen LogP) is 1.94. The normalized spacial score (nSPS) is 14.2. The topological polar surface area (TPSA) is 50.1 Å². The molecule has 1 aromatic carbocycles. The molecule has 0 radical (unpaired) electrons. The first kappa shape index (κ1) is 14.8. The quantitative estimate of drug-likeness (QED) is 0.810. The molecule has 0 bridgehead atoms. The zero-order valence-corrected chi connectivity index (χ0v) is 12.2. The molecule has 0 spiro atoms. The molecule has 0 amide bonds. The molecule has 2 aromatic rings. The molecule has 1 atom stereocenters. The van der Waals surface area contributed by atoms with Gasteiger partial charge in [-0.25, -0.2) is 4.98 Å². The van der Waals surface area contributed by atoms with E-state index in [4.69, 9.17) is 0 Å². The predicted molar refractivity (Wildman–Crippen MR) is 80.5 cm³/mol. The summed E-state index contributed by atoms with van der Waals surface area (Å²) < 4.78 is 2.12. The van der Waals surface area contributed by atoms with Gasteiger partial charge in [0, 0.05) is 25.4 Å². The van der Waals surface area contributed by atoms with Crippen molar-refractivity contribution in [3.05, 3.63) is 54.1 Å². The van der Waals surface area contributed by atoms with Crippen LogP contribution in [0.4, 0.5) is 0 Å². The van der Waals surface area contributed by atoms with Crippen molar-refractivity contribution in [3.8, 4) is 0 Å². The summed E-state index contributed by atoms with van der Waals surface area (Å²) >= 11 is 0. The van der Waals surface area contributed by atoms with Gasteiger partial charge in [-0.05, 0) is 12.1 Å². The molecule has 1 unspecified atom stereocenters. The monoisotopic (exact) mass is 273 g/mol. The van der Waals surface area contributed by atoms with Crippen LogP contribution in [-0.4, -0.2) is 27.8 Å². The summed E-state index contributed by atoms with van der Waals surface area (Å²) in [6, 6.07) is 10.1. The molecule has 0 saturated carbocycles. The maximum atomic E-state index is 10.0. The zero-order valence-electron chi connectivity index (χ0n) is 12.2.